The van der Waals surface area contributed by atoms with Crippen LogP contribution in [0.3, 0.4) is 0 Å². The Balaban J connectivity index is 1.66. The van der Waals surface area contributed by atoms with Crippen LogP contribution in [0, 0.1) is 0 Å². The highest BCUT2D eigenvalue weighted by atomic mass is 16.5. The number of amides is 1. The SMILES string of the molecule is CCCc1nc(N)nc(N)c1Cc1cc(/C=C/C(=O)N2N=Cc3ccccc3C2C)c(OC)c(OC)c1. The second kappa shape index (κ2) is 11.1. The van der Waals surface area contributed by atoms with Gasteiger partial charge >= 0.3 is 0 Å². The zero-order chi connectivity index (χ0) is 26.5. The first-order valence-electron chi connectivity index (χ1n) is 12.2. The lowest BCUT2D eigenvalue weighted by Gasteiger charge is -2.28. The maximum Gasteiger partial charge on any atom is 0.267 e. The first-order chi connectivity index (χ1) is 17.9. The number of carbonyl (C=O) groups is 1. The van der Waals surface area contributed by atoms with Gasteiger partial charge in [0.1, 0.15) is 5.82 Å². The summed E-state index contributed by atoms with van der Waals surface area (Å²) in [5, 5.41) is 5.84. The summed E-state index contributed by atoms with van der Waals surface area (Å²) in [7, 11) is 3.14. The van der Waals surface area contributed by atoms with Gasteiger partial charge in [0.15, 0.2) is 11.5 Å². The molecule has 0 aliphatic carbocycles. The van der Waals surface area contributed by atoms with E-state index in [0.29, 0.717) is 29.3 Å². The number of hydrogen-bond acceptors (Lipinski definition) is 8. The molecule has 0 spiro atoms. The molecule has 9 heteroatoms. The molecule has 2 aromatic carbocycles. The van der Waals surface area contributed by atoms with Crippen molar-refractivity contribution in [1.29, 1.82) is 0 Å². The van der Waals surface area contributed by atoms with Gasteiger partial charge < -0.3 is 20.9 Å². The van der Waals surface area contributed by atoms with Crippen molar-refractivity contribution in [3.05, 3.63) is 76.0 Å². The normalized spacial score (nSPS) is 14.6. The minimum atomic E-state index is -0.244. The Morgan fingerprint density at radius 3 is 2.65 bits per heavy atom. The van der Waals surface area contributed by atoms with E-state index in [0.717, 1.165) is 40.8 Å². The lowest BCUT2D eigenvalue weighted by Crippen LogP contribution is -2.30. The van der Waals surface area contributed by atoms with Gasteiger partial charge in [0.25, 0.3) is 5.91 Å². The number of aryl methyl sites for hydroxylation is 1. The zero-order valence-electron chi connectivity index (χ0n) is 21.6. The van der Waals surface area contributed by atoms with Gasteiger partial charge in [-0.3, -0.25) is 4.79 Å². The molecule has 9 nitrogen and oxygen atoms in total. The van der Waals surface area contributed by atoms with Crippen molar-refractivity contribution >= 4 is 30.0 Å². The predicted molar refractivity (Wildman–Crippen MR) is 146 cm³/mol. The number of aromatic nitrogens is 2. The van der Waals surface area contributed by atoms with Gasteiger partial charge in [0, 0.05) is 23.6 Å². The van der Waals surface area contributed by atoms with Crippen LogP contribution in [0.1, 0.15) is 59.8 Å². The number of nitrogen functional groups attached to an aromatic ring is 2. The van der Waals surface area contributed by atoms with Crippen LogP contribution in [0.15, 0.2) is 47.6 Å². The number of hydrogen-bond donors (Lipinski definition) is 2. The van der Waals surface area contributed by atoms with E-state index in [1.807, 2.05) is 43.3 Å². The van der Waals surface area contributed by atoms with Crippen LogP contribution in [0.5, 0.6) is 11.5 Å². The standard InChI is InChI=1S/C28H32N6O3/c1-5-8-23-22(27(29)33-28(30)32-23)14-18-13-19(26(37-4)24(15-18)36-3)11-12-25(35)34-17(2)21-10-7-6-9-20(21)16-31-34/h6-7,9-13,15-17H,5,8,14H2,1-4H3,(H4,29,30,32,33)/b12-11+. The molecule has 0 fully saturated rings. The quantitative estimate of drug-likeness (QED) is 0.445. The highest BCUT2D eigenvalue weighted by Crippen LogP contribution is 2.35. The number of benzene rings is 2. The monoisotopic (exact) mass is 500 g/mol. The maximum absolute atomic E-state index is 13.1. The van der Waals surface area contributed by atoms with E-state index in [-0.39, 0.29) is 17.9 Å². The fraction of sp³-hybridized carbons (Fsp3) is 0.286. The van der Waals surface area contributed by atoms with Crippen LogP contribution in [-0.2, 0) is 17.6 Å². The Bertz CT molecular complexity index is 1370. The molecule has 4 rings (SSSR count). The van der Waals surface area contributed by atoms with Gasteiger partial charge in [-0.25, -0.2) is 9.99 Å². The van der Waals surface area contributed by atoms with E-state index in [1.54, 1.807) is 26.5 Å². The third-order valence-corrected chi connectivity index (χ3v) is 6.34. The lowest BCUT2D eigenvalue weighted by molar-refractivity contribution is -0.128. The van der Waals surface area contributed by atoms with Crippen LogP contribution in [0.25, 0.3) is 6.08 Å². The van der Waals surface area contributed by atoms with Gasteiger partial charge in [-0.05, 0) is 48.2 Å². The molecule has 1 aliphatic heterocycles. The summed E-state index contributed by atoms with van der Waals surface area (Å²) in [6.07, 6.45) is 7.02. The Labute approximate surface area is 216 Å². The van der Waals surface area contributed by atoms with E-state index in [2.05, 4.69) is 22.0 Å². The van der Waals surface area contributed by atoms with Crippen molar-refractivity contribution in [2.75, 3.05) is 25.7 Å². The molecule has 0 bridgehead atoms. The molecule has 4 N–H and O–H groups in total. The number of carbonyl (C=O) groups excluding carboxylic acids is 1. The summed E-state index contributed by atoms with van der Waals surface area (Å²) in [6, 6.07) is 11.5. The molecule has 0 radical (unpaired) electrons. The molecule has 1 aliphatic rings. The number of anilines is 2. The molecule has 3 aromatic rings. The molecular weight excluding hydrogens is 468 g/mol. The summed E-state index contributed by atoms with van der Waals surface area (Å²) in [6.45, 7) is 4.03. The van der Waals surface area contributed by atoms with Gasteiger partial charge in [-0.1, -0.05) is 37.6 Å². The number of ether oxygens (including phenoxy) is 2. The molecule has 1 unspecified atom stereocenters. The molecule has 192 valence electrons. The average Bonchev–Trinajstić information content (AvgIpc) is 2.89. The first-order valence-corrected chi connectivity index (χ1v) is 12.2. The van der Waals surface area contributed by atoms with Crippen molar-refractivity contribution in [3.63, 3.8) is 0 Å². The minimum absolute atomic E-state index is 0.163. The van der Waals surface area contributed by atoms with Gasteiger partial charge in [-0.15, -0.1) is 0 Å². The van der Waals surface area contributed by atoms with E-state index in [1.165, 1.54) is 11.1 Å². The minimum Gasteiger partial charge on any atom is -0.493 e. The fourth-order valence-electron chi connectivity index (χ4n) is 4.54. The summed E-state index contributed by atoms with van der Waals surface area (Å²) in [5.41, 5.74) is 17.4. The number of fused-ring (bicyclic) bond motifs is 1. The first kappa shape index (κ1) is 25.7. The van der Waals surface area contributed by atoms with Crippen molar-refractivity contribution < 1.29 is 14.3 Å². The number of nitrogens with zero attached hydrogens (tertiary/aromatic N) is 4. The fourth-order valence-corrected chi connectivity index (χ4v) is 4.54. The van der Waals surface area contributed by atoms with E-state index in [4.69, 9.17) is 20.9 Å². The van der Waals surface area contributed by atoms with Gasteiger partial charge in [0.2, 0.25) is 5.95 Å². The largest absolute Gasteiger partial charge is 0.493 e. The molecule has 0 saturated heterocycles. The number of methoxy groups -OCH3 is 2. The smallest absolute Gasteiger partial charge is 0.267 e. The van der Waals surface area contributed by atoms with Crippen LogP contribution in [-0.4, -0.2) is 41.3 Å². The Kier molecular flexibility index (Phi) is 7.71. The van der Waals surface area contributed by atoms with Crippen molar-refractivity contribution in [2.45, 2.75) is 39.2 Å². The number of hydrazone groups is 1. The Morgan fingerprint density at radius 2 is 1.92 bits per heavy atom. The maximum atomic E-state index is 13.1. The average molecular weight is 501 g/mol. The molecule has 1 amide bonds. The second-order valence-electron chi connectivity index (χ2n) is 8.81. The van der Waals surface area contributed by atoms with Gasteiger partial charge in [0.05, 0.1) is 32.2 Å². The molecule has 1 aromatic heterocycles. The Hall–Kier alpha value is -4.40. The zero-order valence-corrected chi connectivity index (χ0v) is 21.6. The second-order valence-corrected chi connectivity index (χ2v) is 8.81. The molecule has 0 saturated carbocycles. The molecule has 1 atom stereocenters. The van der Waals surface area contributed by atoms with Crippen LogP contribution < -0.4 is 20.9 Å². The lowest BCUT2D eigenvalue weighted by atomic mass is 9.98. The molecule has 2 heterocycles. The molecule has 37 heavy (non-hydrogen) atoms. The van der Waals surface area contributed by atoms with E-state index < -0.39 is 0 Å². The van der Waals surface area contributed by atoms with Crippen LogP contribution in [0.2, 0.25) is 0 Å². The van der Waals surface area contributed by atoms with Crippen molar-refractivity contribution in [3.8, 4) is 11.5 Å². The summed E-state index contributed by atoms with van der Waals surface area (Å²) in [5.74, 6) is 1.33. The topological polar surface area (TPSA) is 129 Å². The summed E-state index contributed by atoms with van der Waals surface area (Å²) >= 11 is 0. The van der Waals surface area contributed by atoms with E-state index >= 15 is 0 Å². The summed E-state index contributed by atoms with van der Waals surface area (Å²) in [4.78, 5) is 21.7. The molecular formula is C28H32N6O3. The highest BCUT2D eigenvalue weighted by molar-refractivity contribution is 5.95. The highest BCUT2D eigenvalue weighted by Gasteiger charge is 2.24. The van der Waals surface area contributed by atoms with Crippen molar-refractivity contribution in [2.24, 2.45) is 5.10 Å². The van der Waals surface area contributed by atoms with Crippen LogP contribution in [0.4, 0.5) is 11.8 Å². The summed E-state index contributed by atoms with van der Waals surface area (Å²) < 4.78 is 11.2. The Morgan fingerprint density at radius 1 is 1.14 bits per heavy atom. The number of nitrogens with two attached hydrogens (primary N) is 2. The third-order valence-electron chi connectivity index (χ3n) is 6.34. The number of rotatable bonds is 8. The van der Waals surface area contributed by atoms with E-state index in [9.17, 15) is 4.79 Å². The van der Waals surface area contributed by atoms with Gasteiger partial charge in [-0.2, -0.15) is 10.1 Å². The van der Waals surface area contributed by atoms with Crippen LogP contribution >= 0.6 is 0 Å². The third kappa shape index (κ3) is 5.40. The predicted octanol–water partition coefficient (Wildman–Crippen LogP) is 4.15. The van der Waals surface area contributed by atoms with Crippen molar-refractivity contribution in [1.82, 2.24) is 15.0 Å².